The molecule has 1 aromatic carbocycles. The molecule has 1 aliphatic rings. The van der Waals surface area contributed by atoms with Gasteiger partial charge in [0.1, 0.15) is 15.7 Å². The van der Waals surface area contributed by atoms with Crippen LogP contribution in [0.5, 0.6) is 0 Å². The molecule has 1 fully saturated rings. The predicted molar refractivity (Wildman–Crippen MR) is 104 cm³/mol. The largest absolute Gasteiger partial charge is 0.354 e. The Kier molecular flexibility index (Phi) is 5.08. The molecule has 0 spiro atoms. The van der Waals surface area contributed by atoms with Crippen LogP contribution in [0.3, 0.4) is 0 Å². The highest BCUT2D eigenvalue weighted by molar-refractivity contribution is 7.91. The molecule has 0 aliphatic carbocycles. The van der Waals surface area contributed by atoms with Crippen LogP contribution in [0.25, 0.3) is 16.9 Å². The molecule has 0 bridgehead atoms. The number of halogens is 1. The van der Waals surface area contributed by atoms with Gasteiger partial charge in [0.15, 0.2) is 0 Å². The minimum atomic E-state index is -2.85. The summed E-state index contributed by atoms with van der Waals surface area (Å²) in [4.78, 5) is 8.77. The van der Waals surface area contributed by atoms with Gasteiger partial charge in [0, 0.05) is 24.5 Å². The van der Waals surface area contributed by atoms with Crippen molar-refractivity contribution in [3.05, 3.63) is 54.7 Å². The summed E-state index contributed by atoms with van der Waals surface area (Å²) in [7, 11) is -2.85. The Morgan fingerprint density at radius 3 is 2.64 bits per heavy atom. The first-order valence-electron chi connectivity index (χ1n) is 9.07. The van der Waals surface area contributed by atoms with E-state index in [-0.39, 0.29) is 17.3 Å². The van der Waals surface area contributed by atoms with E-state index in [9.17, 15) is 12.8 Å². The summed E-state index contributed by atoms with van der Waals surface area (Å²) in [6.45, 7) is 0.647. The molecule has 3 aromatic rings. The van der Waals surface area contributed by atoms with Crippen LogP contribution in [0, 0.1) is 11.7 Å². The molecular weight excluding hydrogens is 381 g/mol. The van der Waals surface area contributed by atoms with Crippen molar-refractivity contribution < 1.29 is 12.8 Å². The molecule has 0 atom stereocenters. The zero-order valence-corrected chi connectivity index (χ0v) is 15.9. The first-order chi connectivity index (χ1) is 13.5. The zero-order chi connectivity index (χ0) is 19.6. The number of nitrogens with one attached hydrogen (secondary N) is 1. The highest BCUT2D eigenvalue weighted by atomic mass is 32.2. The Bertz CT molecular complexity index is 1050. The van der Waals surface area contributed by atoms with Crippen LogP contribution >= 0.6 is 0 Å². The maximum Gasteiger partial charge on any atom is 0.223 e. The molecular formula is C19H20FN5O2S. The van der Waals surface area contributed by atoms with Gasteiger partial charge in [0.2, 0.25) is 5.95 Å². The monoisotopic (exact) mass is 401 g/mol. The van der Waals surface area contributed by atoms with Crippen molar-refractivity contribution >= 4 is 15.8 Å². The van der Waals surface area contributed by atoms with Crippen LogP contribution in [-0.2, 0) is 9.84 Å². The second kappa shape index (κ2) is 7.67. The standard InChI is InChI=1S/C19H20FN5O2S/c20-16-1-3-17(4-2-16)25-13-15(12-23-25)18-5-8-21-19(24-18)22-11-14-6-9-28(26,27)10-7-14/h1-5,8,12-14H,6-7,9-11H2,(H,21,22,24). The quantitative estimate of drug-likeness (QED) is 0.707. The van der Waals surface area contributed by atoms with Crippen LogP contribution in [0.15, 0.2) is 48.9 Å². The fraction of sp³-hybridized carbons (Fsp3) is 0.316. The van der Waals surface area contributed by atoms with Gasteiger partial charge in [-0.15, -0.1) is 0 Å². The van der Waals surface area contributed by atoms with Crippen molar-refractivity contribution in [2.24, 2.45) is 5.92 Å². The van der Waals surface area contributed by atoms with Gasteiger partial charge in [-0.25, -0.2) is 27.5 Å². The molecule has 28 heavy (non-hydrogen) atoms. The van der Waals surface area contributed by atoms with E-state index >= 15 is 0 Å². The highest BCUT2D eigenvalue weighted by Crippen LogP contribution is 2.21. The third-order valence-electron chi connectivity index (χ3n) is 4.85. The van der Waals surface area contributed by atoms with E-state index in [4.69, 9.17) is 0 Å². The second-order valence-electron chi connectivity index (χ2n) is 6.89. The molecule has 3 heterocycles. The number of hydrogen-bond donors (Lipinski definition) is 1. The molecule has 0 amide bonds. The molecule has 0 radical (unpaired) electrons. The van der Waals surface area contributed by atoms with E-state index in [2.05, 4.69) is 20.4 Å². The van der Waals surface area contributed by atoms with E-state index in [1.54, 1.807) is 35.3 Å². The Morgan fingerprint density at radius 2 is 1.89 bits per heavy atom. The minimum Gasteiger partial charge on any atom is -0.354 e. The van der Waals surface area contributed by atoms with Gasteiger partial charge >= 0.3 is 0 Å². The van der Waals surface area contributed by atoms with E-state index in [1.165, 1.54) is 12.1 Å². The lowest BCUT2D eigenvalue weighted by molar-refractivity contribution is 0.483. The Hall–Kier alpha value is -2.81. The first kappa shape index (κ1) is 18.5. The molecule has 1 saturated heterocycles. The van der Waals surface area contributed by atoms with E-state index in [1.807, 2.05) is 6.20 Å². The van der Waals surface area contributed by atoms with Gasteiger partial charge in [0.05, 0.1) is 29.1 Å². The van der Waals surface area contributed by atoms with Crippen LogP contribution in [0.2, 0.25) is 0 Å². The Balaban J connectivity index is 1.43. The summed E-state index contributed by atoms with van der Waals surface area (Å²) >= 11 is 0. The third-order valence-corrected chi connectivity index (χ3v) is 6.56. The fourth-order valence-corrected chi connectivity index (χ4v) is 4.76. The summed E-state index contributed by atoms with van der Waals surface area (Å²) in [5.74, 6) is 1.02. The van der Waals surface area contributed by atoms with Crippen LogP contribution in [0.1, 0.15) is 12.8 Å². The average Bonchev–Trinajstić information content (AvgIpc) is 3.18. The highest BCUT2D eigenvalue weighted by Gasteiger charge is 2.23. The lowest BCUT2D eigenvalue weighted by atomic mass is 10.0. The molecule has 1 aliphatic heterocycles. The maximum absolute atomic E-state index is 13.1. The van der Waals surface area contributed by atoms with Gasteiger partial charge in [-0.05, 0) is 49.1 Å². The summed E-state index contributed by atoms with van der Waals surface area (Å²) in [6.07, 6.45) is 6.52. The zero-order valence-electron chi connectivity index (χ0n) is 15.1. The predicted octanol–water partition coefficient (Wildman–Crippen LogP) is 2.71. The third kappa shape index (κ3) is 4.36. The van der Waals surface area contributed by atoms with Crippen molar-refractivity contribution in [1.82, 2.24) is 19.7 Å². The number of rotatable bonds is 5. The van der Waals surface area contributed by atoms with Gasteiger partial charge < -0.3 is 5.32 Å². The maximum atomic E-state index is 13.1. The molecule has 9 heteroatoms. The molecule has 0 saturated carbocycles. The van der Waals surface area contributed by atoms with Crippen molar-refractivity contribution in [1.29, 1.82) is 0 Å². The molecule has 1 N–H and O–H groups in total. The molecule has 4 rings (SSSR count). The lowest BCUT2D eigenvalue weighted by Gasteiger charge is -2.22. The molecule has 146 valence electrons. The number of nitrogens with zero attached hydrogens (tertiary/aromatic N) is 4. The van der Waals surface area contributed by atoms with Crippen molar-refractivity contribution in [2.75, 3.05) is 23.4 Å². The van der Waals surface area contributed by atoms with Crippen molar-refractivity contribution in [3.63, 3.8) is 0 Å². The van der Waals surface area contributed by atoms with Gasteiger partial charge in [-0.3, -0.25) is 0 Å². The summed E-state index contributed by atoms with van der Waals surface area (Å²) < 4.78 is 37.8. The smallest absolute Gasteiger partial charge is 0.223 e. The van der Waals surface area contributed by atoms with Crippen molar-refractivity contribution in [2.45, 2.75) is 12.8 Å². The molecule has 2 aromatic heterocycles. The van der Waals surface area contributed by atoms with E-state index < -0.39 is 9.84 Å². The fourth-order valence-electron chi connectivity index (χ4n) is 3.17. The van der Waals surface area contributed by atoms with E-state index in [0.717, 1.165) is 16.9 Å². The van der Waals surface area contributed by atoms with Gasteiger partial charge in [-0.1, -0.05) is 0 Å². The first-order valence-corrected chi connectivity index (χ1v) is 10.9. The number of anilines is 1. The number of hydrogen-bond acceptors (Lipinski definition) is 6. The Labute approximate surface area is 162 Å². The number of sulfone groups is 1. The second-order valence-corrected chi connectivity index (χ2v) is 9.20. The van der Waals surface area contributed by atoms with Crippen LogP contribution in [0.4, 0.5) is 10.3 Å². The van der Waals surface area contributed by atoms with Gasteiger partial charge in [-0.2, -0.15) is 5.10 Å². The van der Waals surface area contributed by atoms with E-state index in [0.29, 0.717) is 31.3 Å². The normalized spacial score (nSPS) is 16.8. The SMILES string of the molecule is O=S1(=O)CCC(CNc2nccc(-c3cnn(-c4ccc(F)cc4)c3)n2)CC1. The van der Waals surface area contributed by atoms with Crippen LogP contribution < -0.4 is 5.32 Å². The number of benzene rings is 1. The molecule has 0 unspecified atom stereocenters. The molecule has 7 nitrogen and oxygen atoms in total. The topological polar surface area (TPSA) is 89.8 Å². The summed E-state index contributed by atoms with van der Waals surface area (Å²) in [5, 5.41) is 7.52. The van der Waals surface area contributed by atoms with Crippen LogP contribution in [-0.4, -0.2) is 46.2 Å². The van der Waals surface area contributed by atoms with Gasteiger partial charge in [0.25, 0.3) is 0 Å². The minimum absolute atomic E-state index is 0.253. The number of aromatic nitrogens is 4. The average molecular weight is 401 g/mol. The Morgan fingerprint density at radius 1 is 1.14 bits per heavy atom. The summed E-state index contributed by atoms with van der Waals surface area (Å²) in [5.41, 5.74) is 2.29. The summed E-state index contributed by atoms with van der Waals surface area (Å²) in [6, 6.07) is 7.89. The van der Waals surface area contributed by atoms with Crippen molar-refractivity contribution in [3.8, 4) is 16.9 Å². The lowest BCUT2D eigenvalue weighted by Crippen LogP contribution is -2.27.